The lowest BCUT2D eigenvalue weighted by Gasteiger charge is -2.31. The van der Waals surface area contributed by atoms with E-state index in [0.717, 1.165) is 32.5 Å². The number of benzene rings is 2. The van der Waals surface area contributed by atoms with Crippen molar-refractivity contribution in [1.82, 2.24) is 10.2 Å². The normalized spacial score (nSPS) is 15.0. The lowest BCUT2D eigenvalue weighted by molar-refractivity contribution is 0.0905. The minimum atomic E-state index is -0.400. The van der Waals surface area contributed by atoms with Gasteiger partial charge in [0, 0.05) is 36.8 Å². The van der Waals surface area contributed by atoms with Crippen molar-refractivity contribution in [2.75, 3.05) is 19.6 Å². The van der Waals surface area contributed by atoms with Gasteiger partial charge < -0.3 is 5.32 Å². The topological polar surface area (TPSA) is 49.4 Å². The zero-order chi connectivity index (χ0) is 20.8. The Kier molecular flexibility index (Phi) is 6.94. The first-order valence-corrected chi connectivity index (χ1v) is 10.00. The maximum Gasteiger partial charge on any atom is 0.252 e. The van der Waals surface area contributed by atoms with Crippen LogP contribution in [0.25, 0.3) is 0 Å². The third kappa shape index (κ3) is 5.61. The third-order valence-corrected chi connectivity index (χ3v) is 5.20. The van der Waals surface area contributed by atoms with E-state index >= 15 is 0 Å². The maximum absolute atomic E-state index is 13.2. The van der Waals surface area contributed by atoms with Gasteiger partial charge in [0.1, 0.15) is 5.82 Å². The number of carbonyl (C=O) groups excluding carboxylic acids is 2. The van der Waals surface area contributed by atoms with E-state index in [1.165, 1.54) is 29.8 Å². The molecular formula is C24H27FN2O2. The summed E-state index contributed by atoms with van der Waals surface area (Å²) < 4.78 is 13.2. The van der Waals surface area contributed by atoms with E-state index in [2.05, 4.69) is 30.1 Å². The first-order valence-electron chi connectivity index (χ1n) is 10.00. The van der Waals surface area contributed by atoms with Gasteiger partial charge in [-0.2, -0.15) is 0 Å². The lowest BCUT2D eigenvalue weighted by atomic mass is 9.97. The van der Waals surface area contributed by atoms with Crippen LogP contribution in [0.5, 0.6) is 0 Å². The highest BCUT2D eigenvalue weighted by atomic mass is 19.1. The molecule has 0 atom stereocenters. The van der Waals surface area contributed by atoms with Gasteiger partial charge in [-0.15, -0.1) is 0 Å². The number of rotatable bonds is 6. The van der Waals surface area contributed by atoms with Crippen LogP contribution in [0.1, 0.15) is 53.0 Å². The summed E-state index contributed by atoms with van der Waals surface area (Å²) in [6.07, 6.45) is 3.99. The van der Waals surface area contributed by atoms with Crippen LogP contribution in [0, 0.1) is 5.82 Å². The van der Waals surface area contributed by atoms with Crippen LogP contribution in [-0.4, -0.2) is 42.3 Å². The first-order chi connectivity index (χ1) is 13.9. The molecule has 4 nitrogen and oxygen atoms in total. The molecular weight excluding hydrogens is 367 g/mol. The van der Waals surface area contributed by atoms with E-state index in [4.69, 9.17) is 0 Å². The summed E-state index contributed by atoms with van der Waals surface area (Å²) >= 11 is 0. The van der Waals surface area contributed by atoms with Crippen molar-refractivity contribution in [3.8, 4) is 0 Å². The molecule has 5 heteroatoms. The number of amides is 1. The zero-order valence-electron chi connectivity index (χ0n) is 17.0. The van der Waals surface area contributed by atoms with E-state index < -0.39 is 5.82 Å². The fraction of sp³-hybridized carbons (Fsp3) is 0.333. The fourth-order valence-corrected chi connectivity index (χ4v) is 3.47. The monoisotopic (exact) mass is 394 g/mol. The molecule has 0 radical (unpaired) electrons. The highest BCUT2D eigenvalue weighted by molar-refractivity contribution is 6.15. The van der Waals surface area contributed by atoms with Crippen molar-refractivity contribution < 1.29 is 14.0 Å². The summed E-state index contributed by atoms with van der Waals surface area (Å²) in [5.74, 6) is -0.922. The molecule has 2 aromatic carbocycles. The standard InChI is InChI=1S/C24H27FN2O2/c1-17(2)11-14-27-15-12-20(13-16-27)26-24(29)22-6-4-3-5-21(22)23(28)18-7-9-19(25)10-8-18/h3-11,20H,12-16H2,1-2H3,(H,26,29). The van der Waals surface area contributed by atoms with Crippen molar-refractivity contribution in [1.29, 1.82) is 0 Å². The van der Waals surface area contributed by atoms with E-state index in [1.807, 2.05) is 0 Å². The number of hydrogen-bond acceptors (Lipinski definition) is 3. The van der Waals surface area contributed by atoms with Crippen LogP contribution in [0.15, 0.2) is 60.2 Å². The SMILES string of the molecule is CC(C)=CCN1CCC(NC(=O)c2ccccc2C(=O)c2ccc(F)cc2)CC1. The molecule has 1 aliphatic rings. The van der Waals surface area contributed by atoms with Gasteiger partial charge in [-0.3, -0.25) is 14.5 Å². The number of nitrogens with zero attached hydrogens (tertiary/aromatic N) is 1. The van der Waals surface area contributed by atoms with Crippen molar-refractivity contribution in [2.45, 2.75) is 32.7 Å². The molecule has 1 fully saturated rings. The first kappa shape index (κ1) is 20.9. The Morgan fingerprint density at radius 3 is 2.28 bits per heavy atom. The molecule has 1 N–H and O–H groups in total. The average Bonchev–Trinajstić information content (AvgIpc) is 2.73. The van der Waals surface area contributed by atoms with Crippen LogP contribution < -0.4 is 5.32 Å². The molecule has 0 aliphatic carbocycles. The van der Waals surface area contributed by atoms with E-state index in [-0.39, 0.29) is 17.7 Å². The molecule has 152 valence electrons. The van der Waals surface area contributed by atoms with Gasteiger partial charge in [0.25, 0.3) is 5.91 Å². The number of carbonyl (C=O) groups is 2. The minimum Gasteiger partial charge on any atom is -0.349 e. The van der Waals surface area contributed by atoms with Gasteiger partial charge >= 0.3 is 0 Å². The summed E-state index contributed by atoms with van der Waals surface area (Å²) in [7, 11) is 0. The molecule has 29 heavy (non-hydrogen) atoms. The summed E-state index contributed by atoms with van der Waals surface area (Å²) in [6, 6.07) is 12.3. The molecule has 0 aromatic heterocycles. The molecule has 0 unspecified atom stereocenters. The third-order valence-electron chi connectivity index (χ3n) is 5.20. The quantitative estimate of drug-likeness (QED) is 0.590. The summed E-state index contributed by atoms with van der Waals surface area (Å²) in [4.78, 5) is 28.1. The van der Waals surface area contributed by atoms with Gasteiger partial charge in [-0.05, 0) is 57.0 Å². The van der Waals surface area contributed by atoms with Crippen LogP contribution in [0.4, 0.5) is 4.39 Å². The minimum absolute atomic E-state index is 0.0967. The van der Waals surface area contributed by atoms with Crippen LogP contribution in [0.2, 0.25) is 0 Å². The highest BCUT2D eigenvalue weighted by Crippen LogP contribution is 2.17. The zero-order valence-corrected chi connectivity index (χ0v) is 17.0. The number of allylic oxidation sites excluding steroid dienone is 1. The lowest BCUT2D eigenvalue weighted by Crippen LogP contribution is -2.44. The number of nitrogens with one attached hydrogen (secondary N) is 1. The summed E-state index contributed by atoms with van der Waals surface area (Å²) in [5.41, 5.74) is 2.36. The Bertz CT molecular complexity index is 893. The molecule has 2 aromatic rings. The van der Waals surface area contributed by atoms with Crippen molar-refractivity contribution >= 4 is 11.7 Å². The summed E-state index contributed by atoms with van der Waals surface area (Å²) in [5, 5.41) is 3.08. The van der Waals surface area contributed by atoms with E-state index in [9.17, 15) is 14.0 Å². The predicted octanol–water partition coefficient (Wildman–Crippen LogP) is 4.22. The second kappa shape index (κ2) is 9.61. The van der Waals surface area contributed by atoms with Crippen molar-refractivity contribution in [3.05, 3.63) is 82.7 Å². The van der Waals surface area contributed by atoms with E-state index in [1.54, 1.807) is 24.3 Å². The van der Waals surface area contributed by atoms with Gasteiger partial charge in [-0.1, -0.05) is 29.8 Å². The highest BCUT2D eigenvalue weighted by Gasteiger charge is 2.23. The van der Waals surface area contributed by atoms with Crippen molar-refractivity contribution in [2.24, 2.45) is 0 Å². The van der Waals surface area contributed by atoms with Crippen LogP contribution in [0.3, 0.4) is 0 Å². The number of halogens is 1. The second-order valence-corrected chi connectivity index (χ2v) is 7.71. The second-order valence-electron chi connectivity index (χ2n) is 7.71. The van der Waals surface area contributed by atoms with Gasteiger partial charge in [0.05, 0.1) is 5.56 Å². The Morgan fingerprint density at radius 2 is 1.66 bits per heavy atom. The molecule has 1 heterocycles. The van der Waals surface area contributed by atoms with Gasteiger partial charge in [-0.25, -0.2) is 4.39 Å². The Labute approximate surface area is 171 Å². The number of piperidine rings is 1. The molecule has 3 rings (SSSR count). The molecule has 1 saturated heterocycles. The van der Waals surface area contributed by atoms with Crippen LogP contribution >= 0.6 is 0 Å². The Morgan fingerprint density at radius 1 is 1.03 bits per heavy atom. The maximum atomic E-state index is 13.2. The molecule has 0 saturated carbocycles. The molecule has 0 spiro atoms. The summed E-state index contributed by atoms with van der Waals surface area (Å²) in [6.45, 7) is 7.00. The Hall–Kier alpha value is -2.79. The van der Waals surface area contributed by atoms with Crippen molar-refractivity contribution in [3.63, 3.8) is 0 Å². The van der Waals surface area contributed by atoms with Gasteiger partial charge in [0.15, 0.2) is 5.78 Å². The molecule has 1 amide bonds. The van der Waals surface area contributed by atoms with E-state index in [0.29, 0.717) is 16.7 Å². The van der Waals surface area contributed by atoms with Crippen LogP contribution in [-0.2, 0) is 0 Å². The predicted molar refractivity (Wildman–Crippen MR) is 113 cm³/mol. The number of hydrogen-bond donors (Lipinski definition) is 1. The Balaban J connectivity index is 1.66. The smallest absolute Gasteiger partial charge is 0.252 e. The largest absolute Gasteiger partial charge is 0.349 e. The van der Waals surface area contributed by atoms with Gasteiger partial charge in [0.2, 0.25) is 0 Å². The number of likely N-dealkylation sites (tertiary alicyclic amines) is 1. The average molecular weight is 394 g/mol. The number of ketones is 1. The molecule has 1 aliphatic heterocycles. The molecule has 0 bridgehead atoms. The fourth-order valence-electron chi connectivity index (χ4n) is 3.47.